The summed E-state index contributed by atoms with van der Waals surface area (Å²) in [4.78, 5) is 46.1. The predicted octanol–water partition coefficient (Wildman–Crippen LogP) is 3.21. The van der Waals surface area contributed by atoms with Crippen LogP contribution in [0.1, 0.15) is 23.2 Å². The second-order valence-corrected chi connectivity index (χ2v) is 6.87. The molecule has 30 heavy (non-hydrogen) atoms. The number of nitrogens with zero attached hydrogens (tertiary/aromatic N) is 1. The molecule has 0 saturated heterocycles. The van der Waals surface area contributed by atoms with Gasteiger partial charge in [-0.05, 0) is 30.7 Å². The molecule has 0 heterocycles. The van der Waals surface area contributed by atoms with Crippen LogP contribution in [-0.4, -0.2) is 39.0 Å². The molecule has 2 aromatic rings. The average molecular weight is 456 g/mol. The predicted molar refractivity (Wildman–Crippen MR) is 108 cm³/mol. The van der Waals surface area contributed by atoms with Gasteiger partial charge in [-0.2, -0.15) is 0 Å². The average Bonchev–Trinajstić information content (AvgIpc) is 2.67. The highest BCUT2D eigenvalue weighted by molar-refractivity contribution is 6.34. The summed E-state index contributed by atoms with van der Waals surface area (Å²) in [6.07, 6.45) is -0.702. The number of non-ortho nitro benzene ring substituents is 1. The van der Waals surface area contributed by atoms with Crippen LogP contribution in [-0.2, 0) is 9.59 Å². The molecule has 0 aliphatic rings. The number of aliphatic carboxylic acids is 1. The molecule has 10 nitrogen and oxygen atoms in total. The number of nitro groups is 1. The van der Waals surface area contributed by atoms with Crippen molar-refractivity contribution in [2.45, 2.75) is 18.9 Å². The Bertz CT molecular complexity index is 1010. The van der Waals surface area contributed by atoms with E-state index in [-0.39, 0.29) is 39.2 Å². The van der Waals surface area contributed by atoms with Gasteiger partial charge in [0.2, 0.25) is 5.91 Å². The lowest BCUT2D eigenvalue weighted by molar-refractivity contribution is -0.384. The van der Waals surface area contributed by atoms with Gasteiger partial charge >= 0.3 is 5.97 Å². The van der Waals surface area contributed by atoms with Crippen molar-refractivity contribution >= 4 is 52.4 Å². The number of nitrogens with one attached hydrogen (secondary N) is 2. The third kappa shape index (κ3) is 6.06. The quantitative estimate of drug-likeness (QED) is 0.351. The molecule has 1 unspecified atom stereocenters. The van der Waals surface area contributed by atoms with E-state index < -0.39 is 35.2 Å². The Hall–Kier alpha value is -3.37. The van der Waals surface area contributed by atoms with E-state index in [1.54, 1.807) is 0 Å². The molecule has 158 valence electrons. The number of phenols is 1. The molecule has 1 atom stereocenters. The molecule has 12 heteroatoms. The van der Waals surface area contributed by atoms with Crippen molar-refractivity contribution in [1.82, 2.24) is 5.32 Å². The second kappa shape index (κ2) is 9.90. The number of rotatable bonds is 8. The summed E-state index contributed by atoms with van der Waals surface area (Å²) >= 11 is 11.8. The number of amides is 2. The Labute approximate surface area is 179 Å². The van der Waals surface area contributed by atoms with Gasteiger partial charge in [-0.3, -0.25) is 24.5 Å². The van der Waals surface area contributed by atoms with Gasteiger partial charge in [0, 0.05) is 23.6 Å². The Kier molecular flexibility index (Phi) is 7.56. The van der Waals surface area contributed by atoms with Gasteiger partial charge in [0.1, 0.15) is 11.8 Å². The fraction of sp³-hybridized carbons (Fsp3) is 0.167. The number of aromatic hydroxyl groups is 1. The third-order valence-corrected chi connectivity index (χ3v) is 4.44. The minimum absolute atomic E-state index is 0.0347. The second-order valence-electron chi connectivity index (χ2n) is 6.03. The lowest BCUT2D eigenvalue weighted by atomic mass is 10.1. The fourth-order valence-electron chi connectivity index (χ4n) is 2.40. The first kappa shape index (κ1) is 22.9. The maximum atomic E-state index is 12.6. The van der Waals surface area contributed by atoms with Crippen molar-refractivity contribution in [3.8, 4) is 5.75 Å². The number of carboxylic acids is 1. The van der Waals surface area contributed by atoms with Crippen molar-refractivity contribution in [3.63, 3.8) is 0 Å². The largest absolute Gasteiger partial charge is 0.507 e. The number of anilines is 1. The van der Waals surface area contributed by atoms with Crippen molar-refractivity contribution in [1.29, 1.82) is 0 Å². The molecule has 0 spiro atoms. The van der Waals surface area contributed by atoms with Gasteiger partial charge in [0.15, 0.2) is 0 Å². The topological polar surface area (TPSA) is 159 Å². The summed E-state index contributed by atoms with van der Waals surface area (Å²) < 4.78 is 0. The Balaban J connectivity index is 2.22. The van der Waals surface area contributed by atoms with Gasteiger partial charge in [-0.1, -0.05) is 23.2 Å². The number of phenolic OH excluding ortho intramolecular Hbond substituents is 1. The lowest BCUT2D eigenvalue weighted by Crippen LogP contribution is -2.44. The van der Waals surface area contributed by atoms with Crippen LogP contribution in [0.25, 0.3) is 0 Å². The SMILES string of the molecule is O=C(O)CCC(NC(=O)c1cc(Cl)ccc1O)C(=O)Nc1ccc([N+](=O)[O-])cc1Cl. The van der Waals surface area contributed by atoms with Crippen LogP contribution >= 0.6 is 23.2 Å². The van der Waals surface area contributed by atoms with Crippen molar-refractivity contribution in [2.75, 3.05) is 5.32 Å². The normalized spacial score (nSPS) is 11.4. The molecule has 0 bridgehead atoms. The molecule has 2 amide bonds. The van der Waals surface area contributed by atoms with E-state index in [0.29, 0.717) is 0 Å². The molecule has 4 N–H and O–H groups in total. The fourth-order valence-corrected chi connectivity index (χ4v) is 2.80. The zero-order chi connectivity index (χ0) is 22.4. The zero-order valence-corrected chi connectivity index (χ0v) is 16.6. The van der Waals surface area contributed by atoms with Gasteiger partial charge < -0.3 is 20.8 Å². The van der Waals surface area contributed by atoms with Gasteiger partial charge in [0.05, 0.1) is 21.2 Å². The number of benzene rings is 2. The number of carbonyl (C=O) groups excluding carboxylic acids is 2. The highest BCUT2D eigenvalue weighted by Crippen LogP contribution is 2.27. The molecule has 0 aliphatic heterocycles. The first-order chi connectivity index (χ1) is 14.1. The highest BCUT2D eigenvalue weighted by atomic mass is 35.5. The molecule has 0 radical (unpaired) electrons. The third-order valence-electron chi connectivity index (χ3n) is 3.89. The minimum atomic E-state index is -1.31. The standard InChI is InChI=1S/C18H15Cl2N3O7/c19-9-1-5-15(24)11(7-9)17(27)22-14(4-6-16(25)26)18(28)21-13-3-2-10(23(29)30)8-12(13)20/h1-3,5,7-8,14,24H,4,6H2,(H,21,28)(H,22,27)(H,25,26). The smallest absolute Gasteiger partial charge is 0.303 e. The number of hydrogen-bond donors (Lipinski definition) is 4. The van der Waals surface area contributed by atoms with Crippen LogP contribution in [0.15, 0.2) is 36.4 Å². The molecule has 2 rings (SSSR count). The first-order valence-electron chi connectivity index (χ1n) is 8.34. The van der Waals surface area contributed by atoms with Gasteiger partial charge in [-0.25, -0.2) is 0 Å². The van der Waals surface area contributed by atoms with E-state index in [0.717, 1.165) is 12.1 Å². The summed E-state index contributed by atoms with van der Waals surface area (Å²) in [6.45, 7) is 0. The highest BCUT2D eigenvalue weighted by Gasteiger charge is 2.25. The van der Waals surface area contributed by atoms with E-state index in [4.69, 9.17) is 28.3 Å². The maximum Gasteiger partial charge on any atom is 0.303 e. The van der Waals surface area contributed by atoms with Crippen molar-refractivity contribution < 1.29 is 29.5 Å². The number of hydrogen-bond acceptors (Lipinski definition) is 6. The van der Waals surface area contributed by atoms with E-state index in [1.165, 1.54) is 24.3 Å². The molecule has 0 saturated carbocycles. The molecule has 0 fully saturated rings. The molecular formula is C18H15Cl2N3O7. The monoisotopic (exact) mass is 455 g/mol. The summed E-state index contributed by atoms with van der Waals surface area (Å²) in [5.41, 5.74) is -0.457. The van der Waals surface area contributed by atoms with Crippen molar-refractivity contribution in [2.24, 2.45) is 0 Å². The minimum Gasteiger partial charge on any atom is -0.507 e. The Morgan fingerprint density at radius 1 is 1.13 bits per heavy atom. The van der Waals surface area contributed by atoms with Crippen LogP contribution in [0.3, 0.4) is 0 Å². The number of nitro benzene ring substituents is 1. The first-order valence-corrected chi connectivity index (χ1v) is 9.10. The lowest BCUT2D eigenvalue weighted by Gasteiger charge is -2.18. The zero-order valence-electron chi connectivity index (χ0n) is 15.1. The number of carbonyl (C=O) groups is 3. The molecule has 2 aromatic carbocycles. The van der Waals surface area contributed by atoms with Crippen LogP contribution in [0, 0.1) is 10.1 Å². The molecule has 0 aliphatic carbocycles. The summed E-state index contributed by atoms with van der Waals surface area (Å²) in [6, 6.07) is 5.79. The molecule has 0 aromatic heterocycles. The van der Waals surface area contributed by atoms with Crippen molar-refractivity contribution in [3.05, 3.63) is 62.1 Å². The number of halogens is 2. The van der Waals surface area contributed by atoms with E-state index in [2.05, 4.69) is 10.6 Å². The Morgan fingerprint density at radius 3 is 2.43 bits per heavy atom. The molecular weight excluding hydrogens is 441 g/mol. The van der Waals surface area contributed by atoms with Crippen LogP contribution in [0.5, 0.6) is 5.75 Å². The Morgan fingerprint density at radius 2 is 1.83 bits per heavy atom. The number of carboxylic acid groups (broad SMARTS) is 1. The summed E-state index contributed by atoms with van der Waals surface area (Å²) in [5, 5.41) is 34.3. The van der Waals surface area contributed by atoms with E-state index in [1.807, 2.05) is 0 Å². The summed E-state index contributed by atoms with van der Waals surface area (Å²) in [7, 11) is 0. The maximum absolute atomic E-state index is 12.6. The van der Waals surface area contributed by atoms with Gasteiger partial charge in [-0.15, -0.1) is 0 Å². The van der Waals surface area contributed by atoms with Crippen LogP contribution in [0.2, 0.25) is 10.0 Å². The van der Waals surface area contributed by atoms with Gasteiger partial charge in [0.25, 0.3) is 11.6 Å². The summed E-state index contributed by atoms with van der Waals surface area (Å²) in [5.74, 6) is -3.23. The van der Waals surface area contributed by atoms with Crippen LogP contribution < -0.4 is 10.6 Å². The van der Waals surface area contributed by atoms with E-state index in [9.17, 15) is 29.6 Å². The van der Waals surface area contributed by atoms with Crippen LogP contribution in [0.4, 0.5) is 11.4 Å². The van der Waals surface area contributed by atoms with E-state index >= 15 is 0 Å².